The van der Waals surface area contributed by atoms with Gasteiger partial charge in [-0.1, -0.05) is 37.3 Å². The number of H-pyrrole nitrogens is 1. The van der Waals surface area contributed by atoms with Crippen molar-refractivity contribution in [3.05, 3.63) is 59.8 Å². The number of benzene rings is 2. The number of carbonyl (C=O) groups is 2. The van der Waals surface area contributed by atoms with Crippen molar-refractivity contribution in [3.63, 3.8) is 0 Å². The Balaban J connectivity index is 1.67. The number of carbonyl (C=O) groups excluding carboxylic acids is 2. The van der Waals surface area contributed by atoms with Gasteiger partial charge in [-0.2, -0.15) is 0 Å². The van der Waals surface area contributed by atoms with E-state index >= 15 is 0 Å². The van der Waals surface area contributed by atoms with Crippen molar-refractivity contribution in [2.75, 3.05) is 18.0 Å². The molecular weight excluding hydrogens is 378 g/mol. The molecule has 1 aromatic heterocycles. The number of nitrogens with one attached hydrogen (secondary N) is 2. The summed E-state index contributed by atoms with van der Waals surface area (Å²) < 4.78 is 5.96. The smallest absolute Gasteiger partial charge is 0.262 e. The lowest BCUT2D eigenvalue weighted by atomic mass is 9.99. The van der Waals surface area contributed by atoms with Crippen LogP contribution in [-0.4, -0.2) is 41.9 Å². The van der Waals surface area contributed by atoms with Crippen LogP contribution in [0.2, 0.25) is 0 Å². The summed E-state index contributed by atoms with van der Waals surface area (Å²) in [5, 5.41) is 3.82. The molecule has 4 rings (SSSR count). The number of aromatic nitrogens is 1. The van der Waals surface area contributed by atoms with Gasteiger partial charge in [-0.3, -0.25) is 9.59 Å². The molecule has 2 heterocycles. The van der Waals surface area contributed by atoms with Crippen LogP contribution in [0.15, 0.2) is 48.5 Å². The monoisotopic (exact) mass is 405 g/mol. The lowest BCUT2D eigenvalue weighted by molar-refractivity contribution is -0.127. The Labute approximate surface area is 176 Å². The SMILES string of the molecule is CCCNC(=O)[C@@H]1CN([C@@H](C)C(=O)c2c(C)[nH]c3ccccc23)c2ccccc2O1. The van der Waals surface area contributed by atoms with Gasteiger partial charge >= 0.3 is 0 Å². The Morgan fingerprint density at radius 3 is 2.73 bits per heavy atom. The maximum absolute atomic E-state index is 13.6. The Hall–Kier alpha value is -3.28. The molecule has 6 nitrogen and oxygen atoms in total. The van der Waals surface area contributed by atoms with Gasteiger partial charge in [0.2, 0.25) is 0 Å². The first-order valence-electron chi connectivity index (χ1n) is 10.4. The number of aromatic amines is 1. The van der Waals surface area contributed by atoms with Crippen LogP contribution in [0.5, 0.6) is 5.75 Å². The van der Waals surface area contributed by atoms with Gasteiger partial charge < -0.3 is 19.9 Å². The Morgan fingerprint density at radius 1 is 1.20 bits per heavy atom. The molecular formula is C24H27N3O3. The molecule has 6 heteroatoms. The van der Waals surface area contributed by atoms with Crippen LogP contribution in [0, 0.1) is 6.92 Å². The highest BCUT2D eigenvalue weighted by molar-refractivity contribution is 6.12. The molecule has 0 saturated carbocycles. The van der Waals surface area contributed by atoms with E-state index in [1.54, 1.807) is 0 Å². The van der Waals surface area contributed by atoms with Crippen LogP contribution in [0.4, 0.5) is 5.69 Å². The number of ether oxygens (including phenoxy) is 1. The van der Waals surface area contributed by atoms with E-state index in [9.17, 15) is 9.59 Å². The van der Waals surface area contributed by atoms with Gasteiger partial charge in [-0.05, 0) is 38.5 Å². The van der Waals surface area contributed by atoms with Gasteiger partial charge in [0, 0.05) is 28.7 Å². The Bertz CT molecular complexity index is 1090. The maximum Gasteiger partial charge on any atom is 0.262 e. The summed E-state index contributed by atoms with van der Waals surface area (Å²) in [6.45, 7) is 6.75. The average Bonchev–Trinajstić information content (AvgIpc) is 3.11. The lowest BCUT2D eigenvalue weighted by Crippen LogP contribution is -2.53. The largest absolute Gasteiger partial charge is 0.477 e. The van der Waals surface area contributed by atoms with Crippen LogP contribution in [0.25, 0.3) is 10.9 Å². The van der Waals surface area contributed by atoms with Crippen molar-refractivity contribution in [3.8, 4) is 5.75 Å². The third-order valence-electron chi connectivity index (χ3n) is 5.64. The van der Waals surface area contributed by atoms with Gasteiger partial charge in [0.15, 0.2) is 11.9 Å². The molecule has 2 N–H and O–H groups in total. The number of fused-ring (bicyclic) bond motifs is 2. The molecule has 0 unspecified atom stereocenters. The quantitative estimate of drug-likeness (QED) is 0.611. The summed E-state index contributed by atoms with van der Waals surface area (Å²) in [5.41, 5.74) is 3.33. The fourth-order valence-electron chi connectivity index (χ4n) is 4.07. The molecule has 156 valence electrons. The number of rotatable bonds is 6. The van der Waals surface area contributed by atoms with Crippen LogP contribution >= 0.6 is 0 Å². The molecule has 0 saturated heterocycles. The topological polar surface area (TPSA) is 74.4 Å². The van der Waals surface area contributed by atoms with Crippen LogP contribution in [0.3, 0.4) is 0 Å². The number of hydrogen-bond donors (Lipinski definition) is 2. The minimum Gasteiger partial charge on any atom is -0.477 e. The molecule has 1 aliphatic heterocycles. The second kappa shape index (κ2) is 8.22. The molecule has 30 heavy (non-hydrogen) atoms. The van der Waals surface area contributed by atoms with Crippen LogP contribution in [0.1, 0.15) is 36.3 Å². The van der Waals surface area contributed by atoms with Crippen molar-refractivity contribution in [2.24, 2.45) is 0 Å². The number of anilines is 1. The first-order valence-corrected chi connectivity index (χ1v) is 10.4. The predicted molar refractivity (Wildman–Crippen MR) is 118 cm³/mol. The highest BCUT2D eigenvalue weighted by atomic mass is 16.5. The minimum absolute atomic E-state index is 0.0226. The number of hydrogen-bond acceptors (Lipinski definition) is 4. The van der Waals surface area contributed by atoms with Crippen molar-refractivity contribution in [1.82, 2.24) is 10.3 Å². The molecule has 2 atom stereocenters. The normalized spacial score (nSPS) is 16.6. The summed E-state index contributed by atoms with van der Waals surface area (Å²) >= 11 is 0. The third kappa shape index (κ3) is 3.54. The number of ketones is 1. The summed E-state index contributed by atoms with van der Waals surface area (Å²) in [5.74, 6) is 0.490. The highest BCUT2D eigenvalue weighted by Crippen LogP contribution is 2.35. The molecule has 0 fully saturated rings. The lowest BCUT2D eigenvalue weighted by Gasteiger charge is -2.38. The van der Waals surface area contributed by atoms with E-state index in [-0.39, 0.29) is 11.7 Å². The third-order valence-corrected chi connectivity index (χ3v) is 5.64. The van der Waals surface area contributed by atoms with Gasteiger partial charge in [0.1, 0.15) is 5.75 Å². The minimum atomic E-state index is -0.661. The van der Waals surface area contributed by atoms with E-state index in [2.05, 4.69) is 10.3 Å². The van der Waals surface area contributed by atoms with Crippen molar-refractivity contribution >= 4 is 28.3 Å². The number of nitrogens with zero attached hydrogens (tertiary/aromatic N) is 1. The first kappa shape index (κ1) is 20.0. The zero-order chi connectivity index (χ0) is 21.3. The highest BCUT2D eigenvalue weighted by Gasteiger charge is 2.36. The van der Waals surface area contributed by atoms with E-state index in [1.165, 1.54) is 0 Å². The van der Waals surface area contributed by atoms with Gasteiger partial charge in [0.25, 0.3) is 5.91 Å². The molecule has 1 amide bonds. The molecule has 0 bridgehead atoms. The number of Topliss-reactive ketones (excluding diaryl/α,β-unsaturated/α-hetero) is 1. The van der Waals surface area contributed by atoms with Crippen LogP contribution < -0.4 is 15.0 Å². The zero-order valence-corrected chi connectivity index (χ0v) is 17.6. The average molecular weight is 405 g/mol. The standard InChI is InChI=1S/C24H27N3O3/c1-4-13-25-24(29)21-14-27(19-11-7-8-12-20(19)30-21)16(3)23(28)22-15(2)26-18-10-6-5-9-17(18)22/h5-12,16,21,26H,4,13-14H2,1-3H3,(H,25,29)/t16-,21-/m0/s1. The maximum atomic E-state index is 13.6. The number of amides is 1. The van der Waals surface area contributed by atoms with Crippen molar-refractivity contribution in [2.45, 2.75) is 39.3 Å². The Kier molecular flexibility index (Phi) is 5.48. The summed E-state index contributed by atoms with van der Waals surface area (Å²) in [7, 11) is 0. The number of para-hydroxylation sites is 3. The van der Waals surface area contributed by atoms with E-state index in [0.29, 0.717) is 24.4 Å². The molecule has 1 aliphatic rings. The summed E-state index contributed by atoms with van der Waals surface area (Å²) in [4.78, 5) is 31.5. The fraction of sp³-hybridized carbons (Fsp3) is 0.333. The second-order valence-electron chi connectivity index (χ2n) is 7.73. The predicted octanol–water partition coefficient (Wildman–Crippen LogP) is 3.84. The fourth-order valence-corrected chi connectivity index (χ4v) is 4.07. The molecule has 2 aromatic carbocycles. The van der Waals surface area contributed by atoms with Crippen LogP contribution in [-0.2, 0) is 4.79 Å². The van der Waals surface area contributed by atoms with Gasteiger partial charge in [-0.25, -0.2) is 0 Å². The first-order chi connectivity index (χ1) is 14.5. The molecule has 3 aromatic rings. The molecule has 0 aliphatic carbocycles. The summed E-state index contributed by atoms with van der Waals surface area (Å²) in [6, 6.07) is 14.9. The molecule has 0 spiro atoms. The van der Waals surface area contributed by atoms with E-state index in [1.807, 2.05) is 74.2 Å². The van der Waals surface area contributed by atoms with Crippen molar-refractivity contribution < 1.29 is 14.3 Å². The summed E-state index contributed by atoms with van der Waals surface area (Å²) in [6.07, 6.45) is 0.193. The molecule has 0 radical (unpaired) electrons. The van der Waals surface area contributed by atoms with E-state index < -0.39 is 12.1 Å². The number of aryl methyl sites for hydroxylation is 1. The van der Waals surface area contributed by atoms with Crippen molar-refractivity contribution in [1.29, 1.82) is 0 Å². The zero-order valence-electron chi connectivity index (χ0n) is 17.6. The Morgan fingerprint density at radius 2 is 1.93 bits per heavy atom. The van der Waals surface area contributed by atoms with Gasteiger partial charge in [0.05, 0.1) is 18.3 Å². The second-order valence-corrected chi connectivity index (χ2v) is 7.73. The van der Waals surface area contributed by atoms with Gasteiger partial charge in [-0.15, -0.1) is 0 Å². The van der Waals surface area contributed by atoms with E-state index in [4.69, 9.17) is 4.74 Å². The van der Waals surface area contributed by atoms with E-state index in [0.717, 1.165) is 28.7 Å².